The minimum atomic E-state index is -0.0844. The van der Waals surface area contributed by atoms with E-state index >= 15 is 0 Å². The maximum Gasteiger partial charge on any atom is 0.0565 e. The van der Waals surface area contributed by atoms with Crippen molar-refractivity contribution >= 4 is 11.9 Å². The molecule has 16 heavy (non-hydrogen) atoms. The van der Waals surface area contributed by atoms with Gasteiger partial charge in [0.2, 0.25) is 0 Å². The van der Waals surface area contributed by atoms with Crippen LogP contribution >= 0.6 is 11.9 Å². The standard InChI is InChI=1S/C13H19NOS/c1-2-11-4-3-5-13(10-11)16-14-8-6-12(15)7-9-14/h3-5,10,12,15H,2,6-9H2,1H3. The highest BCUT2D eigenvalue weighted by atomic mass is 32.2. The van der Waals surface area contributed by atoms with Crippen molar-refractivity contribution in [1.82, 2.24) is 4.31 Å². The van der Waals surface area contributed by atoms with E-state index in [9.17, 15) is 5.11 Å². The fraction of sp³-hybridized carbons (Fsp3) is 0.538. The largest absolute Gasteiger partial charge is 0.393 e. The van der Waals surface area contributed by atoms with Gasteiger partial charge in [0.15, 0.2) is 0 Å². The second-order valence-corrected chi connectivity index (χ2v) is 5.42. The molecule has 0 saturated carbocycles. The first kappa shape index (κ1) is 12.0. The first-order valence-corrected chi connectivity index (χ1v) is 6.75. The molecule has 0 bridgehead atoms. The first-order chi connectivity index (χ1) is 7.78. The van der Waals surface area contributed by atoms with E-state index in [-0.39, 0.29) is 6.10 Å². The molecule has 0 amide bonds. The van der Waals surface area contributed by atoms with Gasteiger partial charge in [0.05, 0.1) is 6.10 Å². The fourth-order valence-corrected chi connectivity index (χ4v) is 2.94. The molecule has 1 fully saturated rings. The molecular weight excluding hydrogens is 218 g/mol. The Bertz CT molecular complexity index is 334. The third-order valence-corrected chi connectivity index (χ3v) is 4.05. The highest BCUT2D eigenvalue weighted by Crippen LogP contribution is 2.26. The van der Waals surface area contributed by atoms with Crippen molar-refractivity contribution in [3.05, 3.63) is 29.8 Å². The van der Waals surface area contributed by atoms with Gasteiger partial charge in [0, 0.05) is 18.0 Å². The SMILES string of the molecule is CCc1cccc(SN2CCC(O)CC2)c1. The van der Waals surface area contributed by atoms with Gasteiger partial charge in [-0.15, -0.1) is 0 Å². The Morgan fingerprint density at radius 3 is 2.81 bits per heavy atom. The molecule has 1 heterocycles. The van der Waals surface area contributed by atoms with E-state index < -0.39 is 0 Å². The molecule has 0 aliphatic carbocycles. The van der Waals surface area contributed by atoms with E-state index in [0.717, 1.165) is 32.4 Å². The second-order valence-electron chi connectivity index (χ2n) is 4.25. The molecule has 1 aliphatic rings. The van der Waals surface area contributed by atoms with Crippen LogP contribution in [0.2, 0.25) is 0 Å². The molecule has 2 nitrogen and oxygen atoms in total. The number of nitrogens with zero attached hydrogens (tertiary/aromatic N) is 1. The third-order valence-electron chi connectivity index (χ3n) is 2.96. The molecule has 1 aliphatic heterocycles. The number of aliphatic hydroxyl groups excluding tert-OH is 1. The maximum atomic E-state index is 9.44. The molecule has 3 heteroatoms. The molecule has 2 rings (SSSR count). The van der Waals surface area contributed by atoms with Gasteiger partial charge in [-0.2, -0.15) is 0 Å². The van der Waals surface area contributed by atoms with E-state index in [2.05, 4.69) is 35.5 Å². The predicted molar refractivity (Wildman–Crippen MR) is 68.5 cm³/mol. The Labute approximate surface area is 102 Å². The number of aliphatic hydroxyl groups is 1. The zero-order chi connectivity index (χ0) is 11.4. The van der Waals surface area contributed by atoms with Crippen LogP contribution in [0.3, 0.4) is 0 Å². The predicted octanol–water partition coefficient (Wildman–Crippen LogP) is 2.71. The molecule has 0 unspecified atom stereocenters. The van der Waals surface area contributed by atoms with Gasteiger partial charge in [-0.1, -0.05) is 19.1 Å². The summed E-state index contributed by atoms with van der Waals surface area (Å²) in [4.78, 5) is 1.32. The van der Waals surface area contributed by atoms with Gasteiger partial charge < -0.3 is 5.11 Å². The summed E-state index contributed by atoms with van der Waals surface area (Å²) in [5.74, 6) is 0. The molecule has 0 spiro atoms. The van der Waals surface area contributed by atoms with Gasteiger partial charge in [0.1, 0.15) is 0 Å². The van der Waals surface area contributed by atoms with Crippen molar-refractivity contribution in [3.8, 4) is 0 Å². The summed E-state index contributed by atoms with van der Waals surface area (Å²) in [6.45, 7) is 4.16. The fourth-order valence-electron chi connectivity index (χ4n) is 1.90. The van der Waals surface area contributed by atoms with Crippen molar-refractivity contribution in [2.75, 3.05) is 13.1 Å². The van der Waals surface area contributed by atoms with Gasteiger partial charge >= 0.3 is 0 Å². The van der Waals surface area contributed by atoms with Crippen LogP contribution in [0.25, 0.3) is 0 Å². The molecule has 0 radical (unpaired) electrons. The van der Waals surface area contributed by atoms with E-state index in [1.165, 1.54) is 10.5 Å². The van der Waals surface area contributed by atoms with Crippen LogP contribution in [0.15, 0.2) is 29.2 Å². The van der Waals surface area contributed by atoms with E-state index in [4.69, 9.17) is 0 Å². The first-order valence-electron chi connectivity index (χ1n) is 5.98. The average molecular weight is 237 g/mol. The number of piperidine rings is 1. The molecule has 1 N–H and O–H groups in total. The Kier molecular flexibility index (Phi) is 4.27. The second kappa shape index (κ2) is 5.71. The molecule has 88 valence electrons. The smallest absolute Gasteiger partial charge is 0.0565 e. The molecule has 0 aromatic heterocycles. The normalized spacial score (nSPS) is 18.9. The monoisotopic (exact) mass is 237 g/mol. The third kappa shape index (κ3) is 3.24. The maximum absolute atomic E-state index is 9.44. The van der Waals surface area contributed by atoms with Crippen molar-refractivity contribution in [3.63, 3.8) is 0 Å². The quantitative estimate of drug-likeness (QED) is 0.818. The lowest BCUT2D eigenvalue weighted by Gasteiger charge is -2.28. The van der Waals surface area contributed by atoms with Crippen LogP contribution in [0.1, 0.15) is 25.3 Å². The lowest BCUT2D eigenvalue weighted by Crippen LogP contribution is -2.30. The lowest BCUT2D eigenvalue weighted by molar-refractivity contribution is 0.116. The van der Waals surface area contributed by atoms with Crippen LogP contribution in [0.4, 0.5) is 0 Å². The van der Waals surface area contributed by atoms with Gasteiger partial charge in [-0.05, 0) is 48.9 Å². The van der Waals surface area contributed by atoms with Crippen LogP contribution in [0.5, 0.6) is 0 Å². The molecular formula is C13H19NOS. The Hall–Kier alpha value is -0.510. The van der Waals surface area contributed by atoms with Gasteiger partial charge in [-0.3, -0.25) is 0 Å². The van der Waals surface area contributed by atoms with Crippen LogP contribution in [-0.4, -0.2) is 28.6 Å². The summed E-state index contributed by atoms with van der Waals surface area (Å²) in [5, 5.41) is 9.44. The average Bonchev–Trinajstić information content (AvgIpc) is 2.32. The van der Waals surface area contributed by atoms with Crippen molar-refractivity contribution < 1.29 is 5.11 Å². The lowest BCUT2D eigenvalue weighted by atomic mass is 10.1. The van der Waals surface area contributed by atoms with Crippen molar-refractivity contribution in [2.24, 2.45) is 0 Å². The number of rotatable bonds is 3. The summed E-state index contributed by atoms with van der Waals surface area (Å²) < 4.78 is 2.35. The topological polar surface area (TPSA) is 23.5 Å². The number of aryl methyl sites for hydroxylation is 1. The minimum Gasteiger partial charge on any atom is -0.393 e. The van der Waals surface area contributed by atoms with Crippen molar-refractivity contribution in [1.29, 1.82) is 0 Å². The van der Waals surface area contributed by atoms with Gasteiger partial charge in [0.25, 0.3) is 0 Å². The number of hydrogen-bond donors (Lipinski definition) is 1. The molecule has 1 aromatic rings. The molecule has 1 aromatic carbocycles. The summed E-state index contributed by atoms with van der Waals surface area (Å²) in [6, 6.07) is 8.72. The Morgan fingerprint density at radius 2 is 2.12 bits per heavy atom. The summed E-state index contributed by atoms with van der Waals surface area (Å²) in [5.41, 5.74) is 1.39. The highest BCUT2D eigenvalue weighted by molar-refractivity contribution is 7.97. The van der Waals surface area contributed by atoms with Crippen LogP contribution in [0, 0.1) is 0 Å². The highest BCUT2D eigenvalue weighted by Gasteiger charge is 2.17. The zero-order valence-corrected chi connectivity index (χ0v) is 10.5. The van der Waals surface area contributed by atoms with Crippen LogP contribution < -0.4 is 0 Å². The Balaban J connectivity index is 1.93. The van der Waals surface area contributed by atoms with E-state index in [1.807, 2.05) is 11.9 Å². The summed E-state index contributed by atoms with van der Waals surface area (Å²) >= 11 is 1.82. The molecule has 0 atom stereocenters. The van der Waals surface area contributed by atoms with E-state index in [1.54, 1.807) is 0 Å². The van der Waals surface area contributed by atoms with E-state index in [0.29, 0.717) is 0 Å². The minimum absolute atomic E-state index is 0.0844. The number of hydrogen-bond acceptors (Lipinski definition) is 3. The zero-order valence-electron chi connectivity index (χ0n) is 9.72. The number of benzene rings is 1. The van der Waals surface area contributed by atoms with Gasteiger partial charge in [-0.25, -0.2) is 4.31 Å². The summed E-state index contributed by atoms with van der Waals surface area (Å²) in [7, 11) is 0. The Morgan fingerprint density at radius 1 is 1.38 bits per heavy atom. The van der Waals surface area contributed by atoms with Crippen molar-refractivity contribution in [2.45, 2.75) is 37.2 Å². The molecule has 1 saturated heterocycles. The van der Waals surface area contributed by atoms with Crippen LogP contribution in [-0.2, 0) is 6.42 Å². The summed E-state index contributed by atoms with van der Waals surface area (Å²) in [6.07, 6.45) is 2.81.